The number of benzene rings is 2. The van der Waals surface area contributed by atoms with E-state index in [1.807, 2.05) is 18.2 Å². The molecule has 0 saturated heterocycles. The van der Waals surface area contributed by atoms with Crippen molar-refractivity contribution in [1.82, 2.24) is 0 Å². The van der Waals surface area contributed by atoms with Gasteiger partial charge in [0.1, 0.15) is 0 Å². The van der Waals surface area contributed by atoms with Crippen LogP contribution in [-0.4, -0.2) is 20.0 Å². The van der Waals surface area contributed by atoms with Gasteiger partial charge in [0.05, 0.1) is 16.3 Å². The van der Waals surface area contributed by atoms with Gasteiger partial charge in [0, 0.05) is 5.56 Å². The Morgan fingerprint density at radius 1 is 1.15 bits per heavy atom. The smallest absolute Gasteiger partial charge is 0.276 e. The van der Waals surface area contributed by atoms with Crippen molar-refractivity contribution in [2.24, 2.45) is 16.2 Å². The Balaban J connectivity index is 1.60. The van der Waals surface area contributed by atoms with E-state index in [9.17, 15) is 13.2 Å². The van der Waals surface area contributed by atoms with Gasteiger partial charge in [-0.2, -0.15) is 5.10 Å². The van der Waals surface area contributed by atoms with Crippen molar-refractivity contribution in [2.45, 2.75) is 30.6 Å². The predicted octanol–water partition coefficient (Wildman–Crippen LogP) is 2.44. The minimum Gasteiger partial charge on any atom is -0.320 e. The standard InChI is InChI=1S/C19H20N4O3S/c20-27(25,26)15-9-7-14(8-10-15)22-23-18-17-13(11-12-3-1-4-12)5-2-6-16(17)21-19(18)24/h2,5-10,12,22H,1,3-4,11H2,(H2,20,25,26)(H,21,23,24). The molecule has 2 aromatic carbocycles. The summed E-state index contributed by atoms with van der Waals surface area (Å²) in [6.45, 7) is 0. The van der Waals surface area contributed by atoms with Crippen LogP contribution in [0.3, 0.4) is 0 Å². The van der Waals surface area contributed by atoms with E-state index in [2.05, 4.69) is 15.8 Å². The van der Waals surface area contributed by atoms with Gasteiger partial charge in [-0.1, -0.05) is 31.4 Å². The van der Waals surface area contributed by atoms with Gasteiger partial charge in [-0.05, 0) is 48.2 Å². The van der Waals surface area contributed by atoms with E-state index >= 15 is 0 Å². The minimum atomic E-state index is -3.74. The first kappa shape index (κ1) is 17.7. The fourth-order valence-corrected chi connectivity index (χ4v) is 3.92. The second-order valence-corrected chi connectivity index (χ2v) is 8.50. The quantitative estimate of drug-likeness (QED) is 0.687. The number of hydrogen-bond acceptors (Lipinski definition) is 5. The zero-order valence-electron chi connectivity index (χ0n) is 14.6. The second kappa shape index (κ2) is 6.79. The third-order valence-corrected chi connectivity index (χ3v) is 5.99. The fraction of sp³-hybridized carbons (Fsp3) is 0.263. The molecule has 27 heavy (non-hydrogen) atoms. The van der Waals surface area contributed by atoms with Gasteiger partial charge in [0.2, 0.25) is 10.0 Å². The van der Waals surface area contributed by atoms with Gasteiger partial charge < -0.3 is 5.32 Å². The van der Waals surface area contributed by atoms with Crippen LogP contribution in [0.15, 0.2) is 52.5 Å². The maximum atomic E-state index is 12.4. The summed E-state index contributed by atoms with van der Waals surface area (Å²) in [5.41, 5.74) is 6.50. The molecule has 0 aromatic heterocycles. The van der Waals surface area contributed by atoms with Crippen molar-refractivity contribution >= 4 is 33.0 Å². The van der Waals surface area contributed by atoms with E-state index in [4.69, 9.17) is 5.14 Å². The number of nitrogens with two attached hydrogens (primary N) is 1. The van der Waals surface area contributed by atoms with E-state index in [1.54, 1.807) is 12.1 Å². The molecule has 8 heteroatoms. The zero-order valence-corrected chi connectivity index (χ0v) is 15.4. The number of rotatable bonds is 5. The maximum Gasteiger partial charge on any atom is 0.276 e. The van der Waals surface area contributed by atoms with E-state index in [-0.39, 0.29) is 10.8 Å². The number of carbonyl (C=O) groups excluding carboxylic acids is 1. The highest BCUT2D eigenvalue weighted by Crippen LogP contribution is 2.34. The molecule has 1 amide bonds. The molecule has 2 aliphatic rings. The molecule has 4 N–H and O–H groups in total. The van der Waals surface area contributed by atoms with Crippen molar-refractivity contribution in [3.8, 4) is 0 Å². The molecular formula is C19H20N4O3S. The van der Waals surface area contributed by atoms with Crippen LogP contribution in [0, 0.1) is 5.92 Å². The number of amides is 1. The first-order chi connectivity index (χ1) is 12.9. The molecule has 1 aliphatic carbocycles. The summed E-state index contributed by atoms with van der Waals surface area (Å²) in [6, 6.07) is 11.8. The van der Waals surface area contributed by atoms with E-state index < -0.39 is 10.0 Å². The van der Waals surface area contributed by atoms with Crippen molar-refractivity contribution < 1.29 is 13.2 Å². The maximum absolute atomic E-state index is 12.4. The molecule has 0 spiro atoms. The Morgan fingerprint density at radius 2 is 1.89 bits per heavy atom. The first-order valence-corrected chi connectivity index (χ1v) is 10.4. The molecule has 1 heterocycles. The number of carbonyl (C=O) groups is 1. The lowest BCUT2D eigenvalue weighted by Gasteiger charge is -2.26. The lowest BCUT2D eigenvalue weighted by molar-refractivity contribution is -0.110. The Hall–Kier alpha value is -2.71. The first-order valence-electron chi connectivity index (χ1n) is 8.82. The third-order valence-electron chi connectivity index (χ3n) is 5.06. The predicted molar refractivity (Wildman–Crippen MR) is 104 cm³/mol. The number of fused-ring (bicyclic) bond motifs is 1. The van der Waals surface area contributed by atoms with E-state index in [0.29, 0.717) is 17.3 Å². The summed E-state index contributed by atoms with van der Waals surface area (Å²) in [5.74, 6) is 0.423. The Bertz CT molecular complexity index is 1030. The second-order valence-electron chi connectivity index (χ2n) is 6.94. The highest BCUT2D eigenvalue weighted by molar-refractivity contribution is 7.89. The molecule has 1 fully saturated rings. The Morgan fingerprint density at radius 3 is 2.52 bits per heavy atom. The number of primary sulfonamides is 1. The molecule has 0 radical (unpaired) electrons. The van der Waals surface area contributed by atoms with Gasteiger partial charge in [-0.3, -0.25) is 10.2 Å². The largest absolute Gasteiger partial charge is 0.320 e. The van der Waals surface area contributed by atoms with Crippen molar-refractivity contribution in [3.05, 3.63) is 53.6 Å². The summed E-state index contributed by atoms with van der Waals surface area (Å²) in [5, 5.41) is 12.2. The van der Waals surface area contributed by atoms with Gasteiger partial charge >= 0.3 is 0 Å². The average molecular weight is 384 g/mol. The fourth-order valence-electron chi connectivity index (χ4n) is 3.40. The molecule has 0 unspecified atom stereocenters. The summed E-state index contributed by atoms with van der Waals surface area (Å²) >= 11 is 0. The minimum absolute atomic E-state index is 0.0208. The molecule has 0 bridgehead atoms. The van der Waals surface area contributed by atoms with Crippen LogP contribution >= 0.6 is 0 Å². The Labute approximate surface area is 157 Å². The highest BCUT2D eigenvalue weighted by atomic mass is 32.2. The molecular weight excluding hydrogens is 364 g/mol. The van der Waals surface area contributed by atoms with E-state index in [0.717, 1.165) is 23.2 Å². The van der Waals surface area contributed by atoms with Gasteiger partial charge in [-0.15, -0.1) is 0 Å². The van der Waals surface area contributed by atoms with Crippen LogP contribution < -0.4 is 15.9 Å². The number of hydrazone groups is 1. The van der Waals surface area contributed by atoms with Crippen LogP contribution in [-0.2, 0) is 21.2 Å². The number of anilines is 2. The highest BCUT2D eigenvalue weighted by Gasteiger charge is 2.30. The third kappa shape index (κ3) is 3.58. The molecule has 1 aliphatic heterocycles. The van der Waals surface area contributed by atoms with Gasteiger partial charge in [0.25, 0.3) is 5.91 Å². The van der Waals surface area contributed by atoms with Crippen molar-refractivity contribution in [1.29, 1.82) is 0 Å². The molecule has 1 saturated carbocycles. The van der Waals surface area contributed by atoms with Crippen LogP contribution in [0.5, 0.6) is 0 Å². The average Bonchev–Trinajstić information content (AvgIpc) is 2.92. The molecule has 140 valence electrons. The van der Waals surface area contributed by atoms with Crippen LogP contribution in [0.25, 0.3) is 0 Å². The van der Waals surface area contributed by atoms with Crippen LogP contribution in [0.2, 0.25) is 0 Å². The van der Waals surface area contributed by atoms with Crippen molar-refractivity contribution in [2.75, 3.05) is 10.7 Å². The Kier molecular flexibility index (Phi) is 4.45. The monoisotopic (exact) mass is 384 g/mol. The topological polar surface area (TPSA) is 114 Å². The van der Waals surface area contributed by atoms with Crippen LogP contribution in [0.1, 0.15) is 30.4 Å². The van der Waals surface area contributed by atoms with Crippen molar-refractivity contribution in [3.63, 3.8) is 0 Å². The lowest BCUT2D eigenvalue weighted by Crippen LogP contribution is -2.18. The molecule has 2 aromatic rings. The van der Waals surface area contributed by atoms with E-state index in [1.165, 1.54) is 31.4 Å². The summed E-state index contributed by atoms with van der Waals surface area (Å²) < 4.78 is 22.6. The summed E-state index contributed by atoms with van der Waals surface area (Å²) in [7, 11) is -3.74. The number of nitrogens with zero attached hydrogens (tertiary/aromatic N) is 1. The summed E-state index contributed by atoms with van der Waals surface area (Å²) in [6.07, 6.45) is 4.67. The van der Waals surface area contributed by atoms with Gasteiger partial charge in [0.15, 0.2) is 5.71 Å². The summed E-state index contributed by atoms with van der Waals surface area (Å²) in [4.78, 5) is 12.4. The normalized spacial score (nSPS) is 18.1. The number of hydrogen-bond donors (Lipinski definition) is 3. The SMILES string of the molecule is NS(=O)(=O)c1ccc(N/N=C2\C(=O)Nc3cccc(CC4CCC4)c32)cc1. The molecule has 4 rings (SSSR count). The zero-order chi connectivity index (χ0) is 19.0. The lowest BCUT2D eigenvalue weighted by atomic mass is 9.80. The molecule has 7 nitrogen and oxygen atoms in total. The van der Waals surface area contributed by atoms with Crippen LogP contribution in [0.4, 0.5) is 11.4 Å². The number of sulfonamides is 1. The number of nitrogens with one attached hydrogen (secondary N) is 2. The molecule has 0 atom stereocenters. The van der Waals surface area contributed by atoms with Gasteiger partial charge in [-0.25, -0.2) is 13.6 Å².